The van der Waals surface area contributed by atoms with Crippen molar-refractivity contribution in [1.29, 1.82) is 0 Å². The van der Waals surface area contributed by atoms with E-state index in [2.05, 4.69) is 15.5 Å². The van der Waals surface area contributed by atoms with Crippen LogP contribution in [0.3, 0.4) is 0 Å². The molecule has 1 amide bonds. The van der Waals surface area contributed by atoms with Crippen LogP contribution in [0.2, 0.25) is 0 Å². The van der Waals surface area contributed by atoms with Crippen LogP contribution in [0.4, 0.5) is 11.5 Å². The minimum absolute atomic E-state index is 0.140. The number of aryl methyl sites for hydroxylation is 1. The highest BCUT2D eigenvalue weighted by Gasteiger charge is 2.34. The highest BCUT2D eigenvalue weighted by atomic mass is 16.5. The van der Waals surface area contributed by atoms with Crippen molar-refractivity contribution in [2.75, 3.05) is 17.3 Å². The number of hydrogen-bond acceptors (Lipinski definition) is 7. The van der Waals surface area contributed by atoms with E-state index in [1.165, 1.54) is 11.0 Å². The molecular formula is C25H30N4O4. The molecule has 0 aliphatic carbocycles. The molecule has 1 aromatic carbocycles. The zero-order valence-corrected chi connectivity index (χ0v) is 19.8. The van der Waals surface area contributed by atoms with Crippen LogP contribution in [0.25, 0.3) is 0 Å². The molecule has 174 valence electrons. The summed E-state index contributed by atoms with van der Waals surface area (Å²) in [5.41, 5.74) is 1.75. The van der Waals surface area contributed by atoms with Crippen LogP contribution >= 0.6 is 0 Å². The molecule has 3 aromatic rings. The van der Waals surface area contributed by atoms with Crippen molar-refractivity contribution in [1.82, 2.24) is 10.1 Å². The van der Waals surface area contributed by atoms with E-state index in [-0.39, 0.29) is 17.2 Å². The fourth-order valence-corrected chi connectivity index (χ4v) is 3.31. The Morgan fingerprint density at radius 1 is 1.27 bits per heavy atom. The number of hydrogen-bond donors (Lipinski definition) is 2. The van der Waals surface area contributed by atoms with Gasteiger partial charge in [0.25, 0.3) is 5.91 Å². The van der Waals surface area contributed by atoms with Crippen molar-refractivity contribution in [3.8, 4) is 5.75 Å². The van der Waals surface area contributed by atoms with Crippen LogP contribution < -0.4 is 15.0 Å². The van der Waals surface area contributed by atoms with E-state index in [0.717, 1.165) is 5.56 Å². The summed E-state index contributed by atoms with van der Waals surface area (Å²) in [6.45, 7) is 9.54. The van der Waals surface area contributed by atoms with Crippen LogP contribution in [0.5, 0.6) is 5.75 Å². The van der Waals surface area contributed by atoms with E-state index in [4.69, 9.17) is 9.26 Å². The van der Waals surface area contributed by atoms with E-state index >= 15 is 0 Å². The SMILES string of the molecule is C/C=C(\O)N(c1cc(C(C)(C)C)on1)[C@H](C(=O)Nc1ccc(OC)cc1C)c1cccnc1. The molecule has 2 heterocycles. The van der Waals surface area contributed by atoms with Crippen molar-refractivity contribution in [2.45, 2.75) is 46.1 Å². The van der Waals surface area contributed by atoms with Crippen LogP contribution in [0.15, 0.2) is 65.3 Å². The molecule has 2 N–H and O–H groups in total. The number of nitrogens with one attached hydrogen (secondary N) is 1. The maximum absolute atomic E-state index is 13.7. The lowest BCUT2D eigenvalue weighted by Gasteiger charge is -2.30. The molecule has 0 spiro atoms. The van der Waals surface area contributed by atoms with Gasteiger partial charge in [-0.1, -0.05) is 32.0 Å². The third-order valence-electron chi connectivity index (χ3n) is 5.19. The number of nitrogens with zero attached hydrogens (tertiary/aromatic N) is 3. The first kappa shape index (κ1) is 23.8. The number of methoxy groups -OCH3 is 1. The first-order valence-electron chi connectivity index (χ1n) is 10.6. The van der Waals surface area contributed by atoms with Crippen molar-refractivity contribution >= 4 is 17.4 Å². The van der Waals surface area contributed by atoms with Gasteiger partial charge in [-0.25, -0.2) is 0 Å². The molecular weight excluding hydrogens is 420 g/mol. The fraction of sp³-hybridized carbons (Fsp3) is 0.320. The average Bonchev–Trinajstić information content (AvgIpc) is 3.29. The lowest BCUT2D eigenvalue weighted by molar-refractivity contribution is -0.117. The summed E-state index contributed by atoms with van der Waals surface area (Å²) in [6, 6.07) is 9.67. The van der Waals surface area contributed by atoms with Gasteiger partial charge >= 0.3 is 0 Å². The second kappa shape index (κ2) is 9.77. The molecule has 0 radical (unpaired) electrons. The largest absolute Gasteiger partial charge is 0.497 e. The molecule has 0 unspecified atom stereocenters. The monoisotopic (exact) mass is 450 g/mol. The molecule has 1 atom stereocenters. The Morgan fingerprint density at radius 3 is 2.58 bits per heavy atom. The second-order valence-electron chi connectivity index (χ2n) is 8.68. The molecule has 0 aliphatic rings. The Bertz CT molecular complexity index is 1130. The third kappa shape index (κ3) is 5.34. The summed E-state index contributed by atoms with van der Waals surface area (Å²) in [5.74, 6) is 1.12. The summed E-state index contributed by atoms with van der Waals surface area (Å²) >= 11 is 0. The van der Waals surface area contributed by atoms with E-state index in [1.54, 1.807) is 56.8 Å². The number of anilines is 2. The van der Waals surface area contributed by atoms with Crippen molar-refractivity contribution < 1.29 is 19.2 Å². The third-order valence-corrected chi connectivity index (χ3v) is 5.19. The first-order chi connectivity index (χ1) is 15.7. The fourth-order valence-electron chi connectivity index (χ4n) is 3.31. The minimum Gasteiger partial charge on any atom is -0.497 e. The average molecular weight is 451 g/mol. The molecule has 0 saturated heterocycles. The number of aliphatic hydroxyl groups excluding tert-OH is 1. The normalized spacial score (nSPS) is 12.8. The molecule has 0 fully saturated rings. The number of rotatable bonds is 7. The number of carbonyl (C=O) groups is 1. The second-order valence-corrected chi connectivity index (χ2v) is 8.68. The van der Waals surface area contributed by atoms with Gasteiger partial charge < -0.3 is 19.7 Å². The van der Waals surface area contributed by atoms with Crippen LogP contribution in [-0.4, -0.2) is 28.3 Å². The number of amides is 1. The molecule has 2 aromatic heterocycles. The van der Waals surface area contributed by atoms with Gasteiger partial charge in [0.1, 0.15) is 17.6 Å². The van der Waals surface area contributed by atoms with Gasteiger partial charge in [0.15, 0.2) is 11.7 Å². The highest BCUT2D eigenvalue weighted by Crippen LogP contribution is 2.34. The van der Waals surface area contributed by atoms with Crippen LogP contribution in [-0.2, 0) is 10.2 Å². The number of benzene rings is 1. The maximum atomic E-state index is 13.7. The molecule has 8 nitrogen and oxygen atoms in total. The number of pyridine rings is 1. The standard InChI is InChI=1S/C25H30N4O4/c1-7-22(30)29(21-14-20(33-28-21)25(3,4)5)23(17-9-8-12-26-15-17)24(31)27-19-11-10-18(32-6)13-16(19)2/h7-15,23,30H,1-6H3,(H,27,31)/b22-7-/t23-/m0/s1. The summed E-state index contributed by atoms with van der Waals surface area (Å²) in [7, 11) is 1.59. The van der Waals surface area contributed by atoms with Gasteiger partial charge in [0, 0.05) is 35.1 Å². The number of ether oxygens (including phenoxy) is 1. The molecule has 3 rings (SSSR count). The smallest absolute Gasteiger partial charge is 0.252 e. The van der Waals surface area contributed by atoms with E-state index in [1.807, 2.05) is 33.8 Å². The quantitative estimate of drug-likeness (QED) is 0.472. The van der Waals surface area contributed by atoms with Gasteiger partial charge in [-0.15, -0.1) is 0 Å². The molecule has 0 aliphatic heterocycles. The maximum Gasteiger partial charge on any atom is 0.252 e. The van der Waals surface area contributed by atoms with Crippen molar-refractivity contribution in [2.24, 2.45) is 0 Å². The first-order valence-corrected chi connectivity index (χ1v) is 10.6. The molecule has 33 heavy (non-hydrogen) atoms. The summed E-state index contributed by atoms with van der Waals surface area (Å²) in [6.07, 6.45) is 4.71. The number of carbonyl (C=O) groups excluding carboxylic acids is 1. The van der Waals surface area contributed by atoms with E-state index in [0.29, 0.717) is 28.6 Å². The predicted molar refractivity (Wildman–Crippen MR) is 127 cm³/mol. The van der Waals surface area contributed by atoms with Gasteiger partial charge in [-0.2, -0.15) is 0 Å². The number of allylic oxidation sites excluding steroid dienone is 1. The Morgan fingerprint density at radius 2 is 2.03 bits per heavy atom. The minimum atomic E-state index is -0.964. The zero-order valence-electron chi connectivity index (χ0n) is 19.8. The predicted octanol–water partition coefficient (Wildman–Crippen LogP) is 5.29. The summed E-state index contributed by atoms with van der Waals surface area (Å²) < 4.78 is 10.8. The molecule has 0 saturated carbocycles. The lowest BCUT2D eigenvalue weighted by atomic mass is 9.93. The van der Waals surface area contributed by atoms with Crippen molar-refractivity contribution in [3.63, 3.8) is 0 Å². The van der Waals surface area contributed by atoms with Gasteiger partial charge in [0.2, 0.25) is 0 Å². The number of aliphatic hydroxyl groups is 1. The molecule has 0 bridgehead atoms. The highest BCUT2D eigenvalue weighted by molar-refractivity contribution is 5.98. The summed E-state index contributed by atoms with van der Waals surface area (Å²) in [5, 5.41) is 18.0. The van der Waals surface area contributed by atoms with Gasteiger partial charge in [0.05, 0.1) is 7.11 Å². The van der Waals surface area contributed by atoms with E-state index in [9.17, 15) is 9.90 Å². The van der Waals surface area contributed by atoms with Gasteiger partial charge in [-0.3, -0.25) is 14.7 Å². The van der Waals surface area contributed by atoms with Crippen LogP contribution in [0, 0.1) is 6.92 Å². The van der Waals surface area contributed by atoms with Crippen LogP contribution in [0.1, 0.15) is 50.6 Å². The number of aromatic nitrogens is 2. The Hall–Kier alpha value is -3.81. The lowest BCUT2D eigenvalue weighted by Crippen LogP contribution is -2.37. The summed E-state index contributed by atoms with van der Waals surface area (Å²) in [4.78, 5) is 19.3. The Kier molecular flexibility index (Phi) is 7.06. The topological polar surface area (TPSA) is 101 Å². The Labute approximate surface area is 193 Å². The molecule has 8 heteroatoms. The van der Waals surface area contributed by atoms with E-state index < -0.39 is 6.04 Å². The zero-order chi connectivity index (χ0) is 24.2. The Balaban J connectivity index is 2.08. The van der Waals surface area contributed by atoms with Gasteiger partial charge in [-0.05, 0) is 49.8 Å². The van der Waals surface area contributed by atoms with Crippen molar-refractivity contribution in [3.05, 3.63) is 77.6 Å².